The van der Waals surface area contributed by atoms with Crippen LogP contribution in [0.3, 0.4) is 0 Å². The summed E-state index contributed by atoms with van der Waals surface area (Å²) in [5.41, 5.74) is 5.55. The number of pyridine rings is 2. The van der Waals surface area contributed by atoms with Crippen LogP contribution in [0.5, 0.6) is 0 Å². The summed E-state index contributed by atoms with van der Waals surface area (Å²) in [6, 6.07) is 6.23. The Bertz CT molecular complexity index is 667. The molecule has 0 aliphatic carbocycles. The van der Waals surface area contributed by atoms with E-state index in [0.29, 0.717) is 0 Å². The van der Waals surface area contributed by atoms with E-state index in [4.69, 9.17) is 0 Å². The molecule has 0 N–H and O–H groups in total. The summed E-state index contributed by atoms with van der Waals surface area (Å²) in [6.07, 6.45) is 4.77. The normalized spacial score (nSPS) is 11.4. The minimum atomic E-state index is 0.970. The van der Waals surface area contributed by atoms with Crippen molar-refractivity contribution in [2.75, 3.05) is 0 Å². The van der Waals surface area contributed by atoms with Crippen LogP contribution < -0.4 is 0 Å². The van der Waals surface area contributed by atoms with Gasteiger partial charge in [-0.05, 0) is 37.1 Å². The Balaban J connectivity index is 2.47. The Morgan fingerprint density at radius 1 is 1.31 bits per heavy atom. The first-order valence-corrected chi connectivity index (χ1v) is 5.52. The van der Waals surface area contributed by atoms with Crippen LogP contribution in [0.2, 0.25) is 0 Å². The van der Waals surface area contributed by atoms with Crippen molar-refractivity contribution in [2.24, 2.45) is 0 Å². The maximum absolute atomic E-state index is 4.67. The highest BCUT2D eigenvalue weighted by atomic mass is 15.0. The Hall–Kier alpha value is -1.90. The molecule has 0 aromatic carbocycles. The summed E-state index contributed by atoms with van der Waals surface area (Å²) in [5, 5.41) is 0. The fourth-order valence-corrected chi connectivity index (χ4v) is 2.12. The van der Waals surface area contributed by atoms with E-state index in [1.807, 2.05) is 24.5 Å². The first-order valence-electron chi connectivity index (χ1n) is 5.52. The van der Waals surface area contributed by atoms with E-state index in [1.165, 1.54) is 11.3 Å². The molecule has 0 radical (unpaired) electrons. The van der Waals surface area contributed by atoms with E-state index in [-0.39, 0.29) is 0 Å². The Kier molecular flexibility index (Phi) is 1.93. The van der Waals surface area contributed by atoms with Crippen LogP contribution in [0.4, 0.5) is 0 Å². The molecule has 0 atom stereocenters. The molecule has 3 heterocycles. The Morgan fingerprint density at radius 2 is 2.19 bits per heavy atom. The summed E-state index contributed by atoms with van der Waals surface area (Å²) < 4.78 is 2.08. The van der Waals surface area contributed by atoms with Crippen LogP contribution in [0.25, 0.3) is 16.7 Å². The minimum absolute atomic E-state index is 0.970. The van der Waals surface area contributed by atoms with Crippen LogP contribution >= 0.6 is 0 Å². The number of imidazole rings is 1. The lowest BCUT2D eigenvalue weighted by molar-refractivity contribution is 1.02. The molecule has 3 aromatic heterocycles. The molecule has 0 fully saturated rings. The standard InChI is InChI=1S/C13H13N3/c1-3-10-9(2)8-12-11(15-10)4-5-13-14-6-7-16(12)13/h4-8H,3H2,1-2H3. The number of aryl methyl sites for hydroxylation is 2. The van der Waals surface area contributed by atoms with Crippen molar-refractivity contribution in [2.45, 2.75) is 20.3 Å². The van der Waals surface area contributed by atoms with Crippen molar-refractivity contribution >= 4 is 16.7 Å². The van der Waals surface area contributed by atoms with Gasteiger partial charge < -0.3 is 0 Å². The predicted molar refractivity (Wildman–Crippen MR) is 64.6 cm³/mol. The van der Waals surface area contributed by atoms with Crippen LogP contribution in [0.15, 0.2) is 30.6 Å². The second-order valence-corrected chi connectivity index (χ2v) is 4.00. The minimum Gasteiger partial charge on any atom is -0.298 e. The van der Waals surface area contributed by atoms with Gasteiger partial charge in [0.25, 0.3) is 0 Å². The fourth-order valence-electron chi connectivity index (χ4n) is 2.12. The van der Waals surface area contributed by atoms with Crippen molar-refractivity contribution in [1.82, 2.24) is 14.4 Å². The third-order valence-electron chi connectivity index (χ3n) is 2.98. The van der Waals surface area contributed by atoms with Gasteiger partial charge >= 0.3 is 0 Å². The number of fused-ring (bicyclic) bond motifs is 3. The van der Waals surface area contributed by atoms with Gasteiger partial charge in [0.05, 0.1) is 11.0 Å². The number of aromatic nitrogens is 3. The molecule has 0 saturated heterocycles. The zero-order valence-electron chi connectivity index (χ0n) is 9.44. The molecule has 0 bridgehead atoms. The summed E-state index contributed by atoms with van der Waals surface area (Å²) >= 11 is 0. The van der Waals surface area contributed by atoms with Crippen molar-refractivity contribution in [1.29, 1.82) is 0 Å². The maximum atomic E-state index is 4.67. The molecule has 0 aliphatic heterocycles. The second kappa shape index (κ2) is 3.30. The van der Waals surface area contributed by atoms with Gasteiger partial charge in [-0.15, -0.1) is 0 Å². The lowest BCUT2D eigenvalue weighted by Gasteiger charge is -2.06. The molecule has 0 amide bonds. The van der Waals surface area contributed by atoms with E-state index in [2.05, 4.69) is 34.3 Å². The highest BCUT2D eigenvalue weighted by molar-refractivity contribution is 5.79. The van der Waals surface area contributed by atoms with Gasteiger partial charge in [-0.2, -0.15) is 0 Å². The first-order chi connectivity index (χ1) is 7.79. The average molecular weight is 211 g/mol. The third-order valence-corrected chi connectivity index (χ3v) is 2.98. The predicted octanol–water partition coefficient (Wildman–Crippen LogP) is 2.75. The van der Waals surface area contributed by atoms with Gasteiger partial charge in [0, 0.05) is 18.1 Å². The first kappa shape index (κ1) is 9.33. The molecule has 0 aliphatic rings. The molecular formula is C13H13N3. The smallest absolute Gasteiger partial charge is 0.137 e. The van der Waals surface area contributed by atoms with Crippen molar-refractivity contribution in [3.8, 4) is 0 Å². The van der Waals surface area contributed by atoms with Gasteiger partial charge in [0.1, 0.15) is 5.65 Å². The highest BCUT2D eigenvalue weighted by Gasteiger charge is 2.05. The van der Waals surface area contributed by atoms with Crippen LogP contribution in [-0.2, 0) is 6.42 Å². The van der Waals surface area contributed by atoms with Crippen molar-refractivity contribution < 1.29 is 0 Å². The molecular weight excluding hydrogens is 198 g/mol. The molecule has 3 rings (SSSR count). The lowest BCUT2D eigenvalue weighted by Crippen LogP contribution is -1.96. The van der Waals surface area contributed by atoms with E-state index in [1.54, 1.807) is 0 Å². The molecule has 3 aromatic rings. The van der Waals surface area contributed by atoms with E-state index in [0.717, 1.165) is 23.1 Å². The van der Waals surface area contributed by atoms with E-state index in [9.17, 15) is 0 Å². The molecule has 16 heavy (non-hydrogen) atoms. The molecule has 3 nitrogen and oxygen atoms in total. The number of rotatable bonds is 1. The van der Waals surface area contributed by atoms with Gasteiger partial charge in [-0.25, -0.2) is 4.98 Å². The Labute approximate surface area is 93.8 Å². The van der Waals surface area contributed by atoms with Crippen LogP contribution in [0, 0.1) is 6.92 Å². The van der Waals surface area contributed by atoms with E-state index >= 15 is 0 Å². The summed E-state index contributed by atoms with van der Waals surface area (Å²) in [6.45, 7) is 4.25. The molecule has 3 heteroatoms. The lowest BCUT2D eigenvalue weighted by atomic mass is 10.1. The van der Waals surface area contributed by atoms with Crippen molar-refractivity contribution in [3.05, 3.63) is 41.9 Å². The zero-order valence-corrected chi connectivity index (χ0v) is 9.44. The summed E-state index contributed by atoms with van der Waals surface area (Å²) in [7, 11) is 0. The summed E-state index contributed by atoms with van der Waals surface area (Å²) in [4.78, 5) is 8.95. The highest BCUT2D eigenvalue weighted by Crippen LogP contribution is 2.18. The van der Waals surface area contributed by atoms with Gasteiger partial charge in [-0.3, -0.25) is 9.38 Å². The monoisotopic (exact) mass is 211 g/mol. The Morgan fingerprint density at radius 3 is 3.00 bits per heavy atom. The molecule has 0 saturated carbocycles. The van der Waals surface area contributed by atoms with Gasteiger partial charge in [-0.1, -0.05) is 6.92 Å². The van der Waals surface area contributed by atoms with E-state index < -0.39 is 0 Å². The van der Waals surface area contributed by atoms with Crippen LogP contribution in [-0.4, -0.2) is 14.4 Å². The zero-order chi connectivity index (χ0) is 11.1. The molecule has 0 unspecified atom stereocenters. The third kappa shape index (κ3) is 1.21. The van der Waals surface area contributed by atoms with Crippen molar-refractivity contribution in [3.63, 3.8) is 0 Å². The summed E-state index contributed by atoms with van der Waals surface area (Å²) in [5.74, 6) is 0. The van der Waals surface area contributed by atoms with Crippen LogP contribution in [0.1, 0.15) is 18.2 Å². The van der Waals surface area contributed by atoms with Gasteiger partial charge in [0.15, 0.2) is 0 Å². The van der Waals surface area contributed by atoms with Gasteiger partial charge in [0.2, 0.25) is 0 Å². The number of nitrogens with zero attached hydrogens (tertiary/aromatic N) is 3. The fraction of sp³-hybridized carbons (Fsp3) is 0.231. The molecule has 80 valence electrons. The molecule has 0 spiro atoms. The quantitative estimate of drug-likeness (QED) is 0.619. The topological polar surface area (TPSA) is 30.2 Å². The second-order valence-electron chi connectivity index (χ2n) is 4.00. The number of hydrogen-bond acceptors (Lipinski definition) is 2. The number of hydrogen-bond donors (Lipinski definition) is 0. The largest absolute Gasteiger partial charge is 0.298 e. The maximum Gasteiger partial charge on any atom is 0.137 e. The SMILES string of the molecule is CCc1nc2ccc3nccn3c2cc1C. The average Bonchev–Trinajstić information content (AvgIpc) is 2.76.